The van der Waals surface area contributed by atoms with Gasteiger partial charge in [0.15, 0.2) is 11.3 Å². The average Bonchev–Trinajstić information content (AvgIpc) is 3.13. The molecule has 0 bridgehead atoms. The number of fused-ring (bicyclic) bond motifs is 1. The summed E-state index contributed by atoms with van der Waals surface area (Å²) in [5, 5.41) is 0.650. The van der Waals surface area contributed by atoms with E-state index in [1.165, 1.54) is 0 Å². The Bertz CT molecular complexity index is 784. The molecule has 0 saturated carbocycles. The molecule has 7 heteroatoms. The second-order valence-corrected chi connectivity index (χ2v) is 7.83. The Hall–Kier alpha value is -1.57. The van der Waals surface area contributed by atoms with Crippen molar-refractivity contribution in [3.05, 3.63) is 30.0 Å². The lowest BCUT2D eigenvalue weighted by Gasteiger charge is -2.14. The van der Waals surface area contributed by atoms with Gasteiger partial charge in [0.1, 0.15) is 5.76 Å². The number of hydrogen-bond donors (Lipinski definition) is 1. The number of furan rings is 1. The zero-order valence-electron chi connectivity index (χ0n) is 13.4. The van der Waals surface area contributed by atoms with E-state index in [9.17, 15) is 8.42 Å². The van der Waals surface area contributed by atoms with Crippen molar-refractivity contribution < 1.29 is 17.6 Å². The third-order valence-electron chi connectivity index (χ3n) is 4.17. The second-order valence-electron chi connectivity index (χ2n) is 5.78. The average molecular weight is 338 g/mol. The minimum atomic E-state index is -3.21. The molecule has 2 aromatic rings. The first kappa shape index (κ1) is 16.3. The van der Waals surface area contributed by atoms with Crippen LogP contribution in [0.3, 0.4) is 0 Å². The van der Waals surface area contributed by atoms with Crippen molar-refractivity contribution in [1.82, 2.24) is 9.62 Å². The van der Waals surface area contributed by atoms with Gasteiger partial charge in [0.2, 0.25) is 10.0 Å². The fraction of sp³-hybridized carbons (Fsp3) is 0.500. The van der Waals surface area contributed by atoms with Crippen LogP contribution in [0.1, 0.15) is 19.1 Å². The number of benzene rings is 1. The van der Waals surface area contributed by atoms with Crippen molar-refractivity contribution in [1.29, 1.82) is 0 Å². The molecule has 1 aliphatic heterocycles. The van der Waals surface area contributed by atoms with Crippen LogP contribution < -0.4 is 9.46 Å². The summed E-state index contributed by atoms with van der Waals surface area (Å²) < 4.78 is 37.9. The van der Waals surface area contributed by atoms with Gasteiger partial charge >= 0.3 is 0 Å². The van der Waals surface area contributed by atoms with Crippen LogP contribution in [-0.4, -0.2) is 45.3 Å². The number of ether oxygens (including phenoxy) is 1. The SMILES string of the molecule is CCNS(=O)(=O)C1CCN(Cc2cc3cccc(OC)c3o2)C1. The Morgan fingerprint density at radius 3 is 3.00 bits per heavy atom. The molecule has 1 fully saturated rings. The van der Waals surface area contributed by atoms with Crippen LogP contribution in [0.5, 0.6) is 5.75 Å². The number of rotatable bonds is 6. The minimum Gasteiger partial charge on any atom is -0.493 e. The van der Waals surface area contributed by atoms with Gasteiger partial charge in [-0.2, -0.15) is 0 Å². The van der Waals surface area contributed by atoms with Gasteiger partial charge < -0.3 is 9.15 Å². The van der Waals surface area contributed by atoms with Crippen LogP contribution in [0.4, 0.5) is 0 Å². The predicted molar refractivity (Wildman–Crippen MR) is 89.0 cm³/mol. The molecule has 1 N–H and O–H groups in total. The van der Waals surface area contributed by atoms with Crippen LogP contribution in [0, 0.1) is 0 Å². The highest BCUT2D eigenvalue weighted by molar-refractivity contribution is 7.90. The second kappa shape index (κ2) is 6.51. The van der Waals surface area contributed by atoms with Crippen LogP contribution in [0.25, 0.3) is 11.0 Å². The molecule has 0 spiro atoms. The maximum atomic E-state index is 12.1. The van der Waals surface area contributed by atoms with Crippen LogP contribution in [0.15, 0.2) is 28.7 Å². The highest BCUT2D eigenvalue weighted by Crippen LogP contribution is 2.29. The van der Waals surface area contributed by atoms with Gasteiger partial charge in [0, 0.05) is 25.0 Å². The molecule has 1 aromatic heterocycles. The van der Waals surface area contributed by atoms with E-state index in [-0.39, 0.29) is 5.25 Å². The summed E-state index contributed by atoms with van der Waals surface area (Å²) >= 11 is 0. The summed E-state index contributed by atoms with van der Waals surface area (Å²) in [6.45, 7) is 4.12. The van der Waals surface area contributed by atoms with Crippen molar-refractivity contribution in [3.8, 4) is 5.75 Å². The van der Waals surface area contributed by atoms with Crippen molar-refractivity contribution in [2.24, 2.45) is 0 Å². The zero-order chi connectivity index (χ0) is 16.4. The standard InChI is InChI=1S/C16H22N2O4S/c1-3-17-23(19,20)14-7-8-18(11-14)10-13-9-12-5-4-6-15(21-2)16(12)22-13/h4-6,9,14,17H,3,7-8,10-11H2,1-2H3. The first-order chi connectivity index (χ1) is 11.0. The molecule has 23 heavy (non-hydrogen) atoms. The van der Waals surface area contributed by atoms with Gasteiger partial charge in [-0.15, -0.1) is 0 Å². The Morgan fingerprint density at radius 1 is 1.43 bits per heavy atom. The predicted octanol–water partition coefficient (Wildman–Crippen LogP) is 1.95. The molecule has 1 atom stereocenters. The number of sulfonamides is 1. The van der Waals surface area contributed by atoms with E-state index in [1.54, 1.807) is 14.0 Å². The molecule has 0 radical (unpaired) electrons. The van der Waals surface area contributed by atoms with Gasteiger partial charge in [-0.3, -0.25) is 4.90 Å². The highest BCUT2D eigenvalue weighted by atomic mass is 32.2. The number of methoxy groups -OCH3 is 1. The lowest BCUT2D eigenvalue weighted by Crippen LogP contribution is -2.36. The van der Waals surface area contributed by atoms with Crippen molar-refractivity contribution >= 4 is 21.0 Å². The summed E-state index contributed by atoms with van der Waals surface area (Å²) in [6.07, 6.45) is 0.652. The topological polar surface area (TPSA) is 71.8 Å². The fourth-order valence-corrected chi connectivity index (χ4v) is 4.52. The Labute approximate surface area is 136 Å². The molecule has 3 rings (SSSR count). The van der Waals surface area contributed by atoms with Crippen LogP contribution >= 0.6 is 0 Å². The van der Waals surface area contributed by atoms with Crippen LogP contribution in [0.2, 0.25) is 0 Å². The number of hydrogen-bond acceptors (Lipinski definition) is 5. The summed E-state index contributed by atoms with van der Waals surface area (Å²) in [6, 6.07) is 7.76. The Balaban J connectivity index is 1.71. The van der Waals surface area contributed by atoms with Crippen molar-refractivity contribution in [2.45, 2.75) is 25.1 Å². The highest BCUT2D eigenvalue weighted by Gasteiger charge is 2.32. The van der Waals surface area contributed by atoms with Gasteiger partial charge in [0.25, 0.3) is 0 Å². The molecule has 1 aliphatic rings. The van der Waals surface area contributed by atoms with E-state index in [2.05, 4.69) is 9.62 Å². The first-order valence-electron chi connectivity index (χ1n) is 7.79. The smallest absolute Gasteiger partial charge is 0.215 e. The van der Waals surface area contributed by atoms with Gasteiger partial charge in [-0.1, -0.05) is 19.1 Å². The minimum absolute atomic E-state index is 0.346. The number of likely N-dealkylation sites (tertiary alicyclic amines) is 1. The number of para-hydroxylation sites is 1. The zero-order valence-corrected chi connectivity index (χ0v) is 14.2. The third kappa shape index (κ3) is 3.36. The van der Waals surface area contributed by atoms with Gasteiger partial charge in [-0.25, -0.2) is 13.1 Å². The van der Waals surface area contributed by atoms with Gasteiger partial charge in [-0.05, 0) is 18.6 Å². The maximum absolute atomic E-state index is 12.1. The van der Waals surface area contributed by atoms with E-state index < -0.39 is 10.0 Å². The molecule has 1 unspecified atom stereocenters. The number of nitrogens with zero attached hydrogens (tertiary/aromatic N) is 1. The first-order valence-corrected chi connectivity index (χ1v) is 9.34. The summed E-state index contributed by atoms with van der Waals surface area (Å²) in [4.78, 5) is 2.11. The van der Waals surface area contributed by atoms with Crippen molar-refractivity contribution in [3.63, 3.8) is 0 Å². The quantitative estimate of drug-likeness (QED) is 0.872. The van der Waals surface area contributed by atoms with E-state index in [0.29, 0.717) is 31.8 Å². The van der Waals surface area contributed by atoms with E-state index in [1.807, 2.05) is 24.3 Å². The Kier molecular flexibility index (Phi) is 4.61. The third-order valence-corrected chi connectivity index (χ3v) is 6.13. The van der Waals surface area contributed by atoms with E-state index in [0.717, 1.165) is 23.3 Å². The lowest BCUT2D eigenvalue weighted by molar-refractivity contribution is 0.300. The number of nitrogens with one attached hydrogen (secondary N) is 1. The molecular formula is C16H22N2O4S. The normalized spacial score (nSPS) is 19.5. The summed E-state index contributed by atoms with van der Waals surface area (Å²) in [5.41, 5.74) is 0.737. The lowest BCUT2D eigenvalue weighted by atomic mass is 10.2. The van der Waals surface area contributed by atoms with Crippen molar-refractivity contribution in [2.75, 3.05) is 26.7 Å². The molecule has 1 saturated heterocycles. The molecule has 2 heterocycles. The monoisotopic (exact) mass is 338 g/mol. The molecule has 6 nitrogen and oxygen atoms in total. The summed E-state index contributed by atoms with van der Waals surface area (Å²) in [7, 11) is -1.59. The van der Waals surface area contributed by atoms with E-state index >= 15 is 0 Å². The maximum Gasteiger partial charge on any atom is 0.215 e. The molecular weight excluding hydrogens is 316 g/mol. The molecule has 1 aromatic carbocycles. The molecule has 126 valence electrons. The summed E-state index contributed by atoms with van der Waals surface area (Å²) in [5.74, 6) is 1.54. The van der Waals surface area contributed by atoms with E-state index in [4.69, 9.17) is 9.15 Å². The van der Waals surface area contributed by atoms with Crippen LogP contribution in [-0.2, 0) is 16.6 Å². The van der Waals surface area contributed by atoms with Gasteiger partial charge in [0.05, 0.1) is 18.9 Å². The molecule has 0 aliphatic carbocycles. The Morgan fingerprint density at radius 2 is 2.26 bits per heavy atom. The molecule has 0 amide bonds. The largest absolute Gasteiger partial charge is 0.493 e. The fourth-order valence-electron chi connectivity index (χ4n) is 3.06.